The highest BCUT2D eigenvalue weighted by Gasteiger charge is 2.13. The van der Waals surface area contributed by atoms with Crippen molar-refractivity contribution in [2.75, 3.05) is 17.2 Å². The van der Waals surface area contributed by atoms with Gasteiger partial charge in [-0.1, -0.05) is 0 Å². The van der Waals surface area contributed by atoms with E-state index in [1.54, 1.807) is 16.8 Å². The van der Waals surface area contributed by atoms with Crippen molar-refractivity contribution in [3.8, 4) is 0 Å². The molecule has 1 aromatic carbocycles. The van der Waals surface area contributed by atoms with E-state index in [0.717, 1.165) is 15.9 Å². The lowest BCUT2D eigenvalue weighted by molar-refractivity contribution is 0.100. The number of rotatable bonds is 6. The van der Waals surface area contributed by atoms with Crippen LogP contribution in [0.15, 0.2) is 29.9 Å². The van der Waals surface area contributed by atoms with Crippen LogP contribution in [0.2, 0.25) is 0 Å². The normalized spacial score (nSPS) is 12.1. The molecule has 124 valence electrons. The first-order valence-electron chi connectivity index (χ1n) is 7.29. The monoisotopic (exact) mass is 343 g/mol. The summed E-state index contributed by atoms with van der Waals surface area (Å²) in [5, 5.41) is 6.12. The second-order valence-corrected chi connectivity index (χ2v) is 6.22. The average Bonchev–Trinajstić information content (AvgIpc) is 3.00. The summed E-state index contributed by atoms with van der Waals surface area (Å²) in [6, 6.07) is 5.68. The van der Waals surface area contributed by atoms with Crippen molar-refractivity contribution in [3.63, 3.8) is 0 Å². The van der Waals surface area contributed by atoms with E-state index in [1.807, 2.05) is 25.1 Å². The molecule has 1 amide bonds. The van der Waals surface area contributed by atoms with E-state index in [0.29, 0.717) is 18.3 Å². The number of nitrogens with one attached hydrogen (secondary N) is 2. The number of hydrogen-bond donors (Lipinski definition) is 4. The van der Waals surface area contributed by atoms with Crippen molar-refractivity contribution >= 4 is 44.9 Å². The van der Waals surface area contributed by atoms with Gasteiger partial charge >= 0.3 is 0 Å². The molecule has 0 unspecified atom stereocenters. The summed E-state index contributed by atoms with van der Waals surface area (Å²) in [6.07, 6.45) is 1.39. The smallest absolute Gasteiger partial charge is 0.254 e. The van der Waals surface area contributed by atoms with Crippen molar-refractivity contribution in [2.45, 2.75) is 13.0 Å². The molecule has 3 rings (SSSR count). The van der Waals surface area contributed by atoms with Crippen LogP contribution >= 0.6 is 11.3 Å². The Bertz CT molecular complexity index is 877. The summed E-state index contributed by atoms with van der Waals surface area (Å²) in [5.74, 6) is 0.0970. The summed E-state index contributed by atoms with van der Waals surface area (Å²) in [6.45, 7) is 2.38. The van der Waals surface area contributed by atoms with Crippen molar-refractivity contribution in [1.82, 2.24) is 15.0 Å². The number of thiazole rings is 1. The molecule has 0 radical (unpaired) electrons. The molecule has 0 aliphatic carbocycles. The van der Waals surface area contributed by atoms with Crippen LogP contribution < -0.4 is 22.1 Å². The van der Waals surface area contributed by atoms with E-state index in [9.17, 15) is 4.79 Å². The lowest BCUT2D eigenvalue weighted by Crippen LogP contribution is -2.26. The molecule has 24 heavy (non-hydrogen) atoms. The van der Waals surface area contributed by atoms with E-state index in [-0.39, 0.29) is 11.6 Å². The van der Waals surface area contributed by atoms with Crippen molar-refractivity contribution in [2.24, 2.45) is 11.5 Å². The van der Waals surface area contributed by atoms with Gasteiger partial charge in [-0.25, -0.2) is 9.97 Å². The van der Waals surface area contributed by atoms with Crippen LogP contribution in [0.1, 0.15) is 17.3 Å². The highest BCUT2D eigenvalue weighted by atomic mass is 32.1. The van der Waals surface area contributed by atoms with Crippen molar-refractivity contribution in [3.05, 3.63) is 35.5 Å². The molecule has 9 heteroatoms. The second-order valence-electron chi connectivity index (χ2n) is 5.34. The number of benzene rings is 1. The fourth-order valence-electron chi connectivity index (χ4n) is 2.07. The lowest BCUT2D eigenvalue weighted by atomic mass is 10.2. The fourth-order valence-corrected chi connectivity index (χ4v) is 2.73. The van der Waals surface area contributed by atoms with Crippen LogP contribution in [0.3, 0.4) is 0 Å². The Balaban J connectivity index is 1.91. The molecule has 0 aliphatic rings. The maximum Gasteiger partial charge on any atom is 0.254 e. The highest BCUT2D eigenvalue weighted by molar-refractivity contribution is 7.16. The first-order valence-corrected chi connectivity index (χ1v) is 8.17. The van der Waals surface area contributed by atoms with Gasteiger partial charge in [0.1, 0.15) is 11.4 Å². The van der Waals surface area contributed by atoms with Gasteiger partial charge in [0, 0.05) is 24.5 Å². The van der Waals surface area contributed by atoms with Crippen LogP contribution in [0, 0.1) is 0 Å². The number of nitrogens with two attached hydrogens (primary N) is 2. The molecule has 2 aromatic heterocycles. The lowest BCUT2D eigenvalue weighted by Gasteiger charge is -2.12. The Labute approximate surface area is 142 Å². The quantitative estimate of drug-likeness (QED) is 0.535. The van der Waals surface area contributed by atoms with Crippen LogP contribution in [0.5, 0.6) is 0 Å². The van der Waals surface area contributed by atoms with Crippen LogP contribution in [0.4, 0.5) is 17.5 Å². The van der Waals surface area contributed by atoms with E-state index in [1.165, 1.54) is 6.20 Å². The van der Waals surface area contributed by atoms with Crippen LogP contribution in [-0.2, 0) is 0 Å². The van der Waals surface area contributed by atoms with E-state index < -0.39 is 5.91 Å². The zero-order valence-corrected chi connectivity index (χ0v) is 13.8. The summed E-state index contributed by atoms with van der Waals surface area (Å²) < 4.78 is 1.08. The van der Waals surface area contributed by atoms with Crippen LogP contribution in [0.25, 0.3) is 10.2 Å². The van der Waals surface area contributed by atoms with Gasteiger partial charge in [0.05, 0.1) is 15.7 Å². The van der Waals surface area contributed by atoms with Gasteiger partial charge in [0.25, 0.3) is 5.91 Å². The van der Waals surface area contributed by atoms with E-state index in [4.69, 9.17) is 11.5 Å². The first-order chi connectivity index (χ1) is 11.5. The van der Waals surface area contributed by atoms with E-state index >= 15 is 0 Å². The summed E-state index contributed by atoms with van der Waals surface area (Å²) in [4.78, 5) is 24.3. The van der Waals surface area contributed by atoms with Gasteiger partial charge in [-0.3, -0.25) is 4.79 Å². The molecule has 0 saturated heterocycles. The average molecular weight is 343 g/mol. The molecular formula is C15H17N7OS. The van der Waals surface area contributed by atoms with Gasteiger partial charge in [0.2, 0.25) is 5.95 Å². The Morgan fingerprint density at radius 3 is 2.96 bits per heavy atom. The number of primary amides is 1. The zero-order valence-electron chi connectivity index (χ0n) is 13.0. The van der Waals surface area contributed by atoms with Gasteiger partial charge in [-0.05, 0) is 25.1 Å². The third kappa shape index (κ3) is 3.58. The highest BCUT2D eigenvalue weighted by Crippen LogP contribution is 2.25. The Morgan fingerprint density at radius 2 is 2.21 bits per heavy atom. The molecule has 0 aliphatic heterocycles. The number of aromatic nitrogens is 3. The molecule has 6 N–H and O–H groups in total. The molecule has 8 nitrogen and oxygen atoms in total. The molecule has 3 aromatic rings. The minimum absolute atomic E-state index is 0.0482. The Morgan fingerprint density at radius 1 is 1.38 bits per heavy atom. The van der Waals surface area contributed by atoms with E-state index in [2.05, 4.69) is 25.6 Å². The minimum Gasteiger partial charge on any atom is -0.365 e. The SMILES string of the molecule is C[C@H](N)CNc1ncc(C(N)=O)c(Nc2ccc3scnc3c2)n1. The number of carbonyl (C=O) groups excluding carboxylic acids is 1. The van der Waals surface area contributed by atoms with Crippen LogP contribution in [-0.4, -0.2) is 33.4 Å². The predicted molar refractivity (Wildman–Crippen MR) is 95.6 cm³/mol. The topological polar surface area (TPSA) is 132 Å². The molecule has 0 fully saturated rings. The van der Waals surface area contributed by atoms with Crippen molar-refractivity contribution in [1.29, 1.82) is 0 Å². The second kappa shape index (κ2) is 6.77. The van der Waals surface area contributed by atoms with Gasteiger partial charge in [-0.2, -0.15) is 4.98 Å². The Hall–Kier alpha value is -2.78. The molecular weight excluding hydrogens is 326 g/mol. The number of anilines is 3. The maximum atomic E-state index is 11.6. The summed E-state index contributed by atoms with van der Waals surface area (Å²) in [5.41, 5.74) is 14.7. The third-order valence-electron chi connectivity index (χ3n) is 3.23. The largest absolute Gasteiger partial charge is 0.365 e. The summed E-state index contributed by atoms with van der Waals surface area (Å²) >= 11 is 1.56. The fraction of sp³-hybridized carbons (Fsp3) is 0.200. The van der Waals surface area contributed by atoms with Gasteiger partial charge < -0.3 is 22.1 Å². The van der Waals surface area contributed by atoms with Crippen molar-refractivity contribution < 1.29 is 4.79 Å². The minimum atomic E-state index is -0.606. The molecule has 1 atom stereocenters. The third-order valence-corrected chi connectivity index (χ3v) is 4.04. The summed E-state index contributed by atoms with van der Waals surface area (Å²) in [7, 11) is 0. The predicted octanol–water partition coefficient (Wildman–Crippen LogP) is 1.69. The number of amides is 1. The Kier molecular flexibility index (Phi) is 4.54. The molecule has 0 bridgehead atoms. The molecule has 2 heterocycles. The maximum absolute atomic E-state index is 11.6. The standard InChI is InChI=1S/C15H17N7OS/c1-8(16)5-18-15-19-6-10(13(17)23)14(22-15)21-9-2-3-12-11(4-9)20-7-24-12/h2-4,6-8H,5,16H2,1H3,(H2,17,23)(H2,18,19,21,22)/t8-/m0/s1. The number of fused-ring (bicyclic) bond motifs is 1. The van der Waals surface area contributed by atoms with Gasteiger partial charge in [-0.15, -0.1) is 11.3 Å². The molecule has 0 spiro atoms. The number of carbonyl (C=O) groups is 1. The molecule has 0 saturated carbocycles. The number of nitrogens with zero attached hydrogens (tertiary/aromatic N) is 3. The first kappa shape index (κ1) is 16.1. The number of hydrogen-bond acceptors (Lipinski definition) is 8. The zero-order chi connectivity index (χ0) is 17.1. The van der Waals surface area contributed by atoms with Gasteiger partial charge in [0.15, 0.2) is 0 Å².